The van der Waals surface area contributed by atoms with Crippen LogP contribution in [0, 0.1) is 27.4 Å². The molecule has 6 heteroatoms. The number of aliphatic hydroxyl groups excluding tert-OH is 1. The van der Waals surface area contributed by atoms with Crippen LogP contribution in [0.3, 0.4) is 0 Å². The van der Waals surface area contributed by atoms with Crippen molar-refractivity contribution in [2.24, 2.45) is 0 Å². The second-order valence-electron chi connectivity index (χ2n) is 3.56. The van der Waals surface area contributed by atoms with E-state index in [4.69, 9.17) is 14.0 Å². The summed E-state index contributed by atoms with van der Waals surface area (Å²) >= 11 is 0. The average molecular weight is 330 g/mol. The standard InChI is InChI=1S/C11H17NO.3CO.CH3.Cr/c1-9(12(2)3)11(13)10-7-5-4-6-8-10;3*1-2;;/h4-9,11,13H,1-3H3;;;;1H3;/q;;;;-1;/t9-,11+;;;;;/m0...../s1. The maximum atomic E-state index is 9.92. The molecule has 116 valence electrons. The van der Waals surface area contributed by atoms with E-state index < -0.39 is 6.10 Å². The van der Waals surface area contributed by atoms with Crippen molar-refractivity contribution in [2.45, 2.75) is 19.1 Å². The third-order valence-corrected chi connectivity index (χ3v) is 2.41. The summed E-state index contributed by atoms with van der Waals surface area (Å²) in [5.41, 5.74) is 0.976. The Hall–Kier alpha value is -1.11. The van der Waals surface area contributed by atoms with E-state index in [0.29, 0.717) is 0 Å². The fourth-order valence-corrected chi connectivity index (χ4v) is 1.21. The quantitative estimate of drug-likeness (QED) is 0.679. The number of rotatable bonds is 3. The van der Waals surface area contributed by atoms with Gasteiger partial charge in [0.1, 0.15) is 0 Å². The number of benzene rings is 1. The number of hydrogen-bond acceptors (Lipinski definition) is 2. The van der Waals surface area contributed by atoms with Gasteiger partial charge < -0.3 is 17.4 Å². The minimum Gasteiger partial charge on any atom is -0.358 e. The molecule has 0 spiro atoms. The zero-order valence-corrected chi connectivity index (χ0v) is 13.8. The summed E-state index contributed by atoms with van der Waals surface area (Å²) in [7, 11) is 3.94. The van der Waals surface area contributed by atoms with Crippen LogP contribution in [0.5, 0.6) is 0 Å². The average Bonchev–Trinajstić information content (AvgIpc) is 2.52. The Morgan fingerprint density at radius 1 is 0.952 bits per heavy atom. The summed E-state index contributed by atoms with van der Waals surface area (Å²) in [4.78, 5) is 2.01. The van der Waals surface area contributed by atoms with Crippen molar-refractivity contribution in [3.05, 3.63) is 63.3 Å². The molecule has 21 heavy (non-hydrogen) atoms. The maximum absolute atomic E-state index is 9.92. The molecule has 0 amide bonds. The first kappa shape index (κ1) is 32.0. The van der Waals surface area contributed by atoms with Crippen LogP contribution >= 0.6 is 0 Å². The van der Waals surface area contributed by atoms with Gasteiger partial charge in [0.25, 0.3) is 0 Å². The number of hydrogen-bond donors (Lipinski definition) is 1. The van der Waals surface area contributed by atoms with Crippen LogP contribution in [0.2, 0.25) is 0 Å². The molecular weight excluding hydrogens is 310 g/mol. The molecule has 0 fully saturated rings. The van der Waals surface area contributed by atoms with Gasteiger partial charge in [0, 0.05) is 23.4 Å². The van der Waals surface area contributed by atoms with Crippen molar-refractivity contribution in [1.82, 2.24) is 4.90 Å². The van der Waals surface area contributed by atoms with Crippen molar-refractivity contribution < 1.29 is 36.4 Å². The molecular formula is C15H20CrNO4-. The summed E-state index contributed by atoms with van der Waals surface area (Å²) < 4.78 is 22.5. The molecule has 0 bridgehead atoms. The summed E-state index contributed by atoms with van der Waals surface area (Å²) in [5, 5.41) is 9.92. The third-order valence-electron chi connectivity index (χ3n) is 2.41. The molecule has 1 aromatic rings. The topological polar surface area (TPSA) is 83.2 Å². The SMILES string of the molecule is C[C@@H]([C@@H](O)c1ccccc1)N(C)C.[C-]#[O+].[C-]#[O+].[C-]#[O+].[CH3-].[Cr]. The van der Waals surface area contributed by atoms with Crippen LogP contribution in [-0.2, 0) is 31.3 Å². The Labute approximate surface area is 138 Å². The second-order valence-corrected chi connectivity index (χ2v) is 3.56. The van der Waals surface area contributed by atoms with Gasteiger partial charge in [-0.3, -0.25) is 0 Å². The van der Waals surface area contributed by atoms with Gasteiger partial charge >= 0.3 is 33.9 Å². The molecule has 1 aromatic carbocycles. The summed E-state index contributed by atoms with van der Waals surface area (Å²) in [6.07, 6.45) is -0.406. The molecule has 5 nitrogen and oxygen atoms in total. The molecule has 0 aromatic heterocycles. The van der Waals surface area contributed by atoms with Gasteiger partial charge in [-0.2, -0.15) is 0 Å². The molecule has 0 aliphatic rings. The Bertz CT molecular complexity index is 349. The van der Waals surface area contributed by atoms with Crippen LogP contribution in [0.1, 0.15) is 18.6 Å². The van der Waals surface area contributed by atoms with Gasteiger partial charge in [0.05, 0.1) is 6.10 Å². The van der Waals surface area contributed by atoms with E-state index in [0.717, 1.165) is 5.56 Å². The molecule has 0 unspecified atom stereocenters. The van der Waals surface area contributed by atoms with E-state index in [-0.39, 0.29) is 30.8 Å². The van der Waals surface area contributed by atoms with Crippen LogP contribution in [-0.4, -0.2) is 30.1 Å². The summed E-state index contributed by atoms with van der Waals surface area (Å²) in [5.74, 6) is 0. The van der Waals surface area contributed by atoms with E-state index in [1.54, 1.807) is 0 Å². The molecule has 1 rings (SSSR count). The number of aliphatic hydroxyl groups is 1. The molecule has 0 aliphatic heterocycles. The zero-order valence-electron chi connectivity index (χ0n) is 12.6. The van der Waals surface area contributed by atoms with Gasteiger partial charge in [-0.05, 0) is 26.6 Å². The predicted octanol–water partition coefficient (Wildman–Crippen LogP) is 2.01. The maximum Gasteiger partial charge on any atom is 0 e. The van der Waals surface area contributed by atoms with E-state index in [1.807, 2.05) is 56.3 Å². The normalized spacial score (nSPS) is 10.0. The van der Waals surface area contributed by atoms with E-state index in [2.05, 4.69) is 20.0 Å². The molecule has 0 saturated heterocycles. The van der Waals surface area contributed by atoms with E-state index in [1.165, 1.54) is 0 Å². The molecule has 0 aliphatic carbocycles. The van der Waals surface area contributed by atoms with Crippen molar-refractivity contribution in [1.29, 1.82) is 0 Å². The largest absolute Gasteiger partial charge is 0.358 e. The van der Waals surface area contributed by atoms with Crippen LogP contribution < -0.4 is 0 Å². The summed E-state index contributed by atoms with van der Waals surface area (Å²) in [6, 6.07) is 9.88. The third kappa shape index (κ3) is 15.1. The first-order chi connectivity index (χ1) is 9.13. The van der Waals surface area contributed by atoms with Crippen molar-refractivity contribution in [3.63, 3.8) is 0 Å². The Kier molecular flexibility index (Phi) is 36.5. The molecule has 2 atom stereocenters. The smallest absolute Gasteiger partial charge is 0 e. The fraction of sp³-hybridized carbons (Fsp3) is 0.333. The van der Waals surface area contributed by atoms with Gasteiger partial charge in [-0.25, -0.2) is 0 Å². The van der Waals surface area contributed by atoms with Crippen molar-refractivity contribution in [3.8, 4) is 0 Å². The van der Waals surface area contributed by atoms with Crippen molar-refractivity contribution >= 4 is 0 Å². The van der Waals surface area contributed by atoms with Crippen LogP contribution in [0.25, 0.3) is 0 Å². The predicted molar refractivity (Wildman–Crippen MR) is 72.8 cm³/mol. The van der Waals surface area contributed by atoms with Crippen LogP contribution in [0.15, 0.2) is 30.3 Å². The van der Waals surface area contributed by atoms with Gasteiger partial charge in [0.15, 0.2) is 0 Å². The number of likely N-dealkylation sites (N-methyl/N-ethyl adjacent to an activating group) is 1. The Balaban J connectivity index is -0.0000000951. The molecule has 0 saturated carbocycles. The number of nitrogens with zero attached hydrogens (tertiary/aromatic N) is 1. The minimum atomic E-state index is -0.406. The Morgan fingerprint density at radius 2 is 1.29 bits per heavy atom. The molecule has 0 radical (unpaired) electrons. The fourth-order valence-electron chi connectivity index (χ4n) is 1.21. The second kappa shape index (κ2) is 23.9. The first-order valence-corrected chi connectivity index (χ1v) is 5.13. The van der Waals surface area contributed by atoms with E-state index in [9.17, 15) is 5.11 Å². The van der Waals surface area contributed by atoms with Gasteiger partial charge in [0.2, 0.25) is 0 Å². The summed E-state index contributed by atoms with van der Waals surface area (Å²) in [6.45, 7) is 15.5. The molecule has 0 heterocycles. The monoisotopic (exact) mass is 330 g/mol. The Morgan fingerprint density at radius 3 is 1.57 bits per heavy atom. The van der Waals surface area contributed by atoms with Crippen molar-refractivity contribution in [2.75, 3.05) is 14.1 Å². The van der Waals surface area contributed by atoms with E-state index >= 15 is 0 Å². The van der Waals surface area contributed by atoms with Gasteiger partial charge in [-0.1, -0.05) is 30.3 Å². The first-order valence-electron chi connectivity index (χ1n) is 5.13. The zero-order chi connectivity index (χ0) is 15.8. The van der Waals surface area contributed by atoms with Gasteiger partial charge in [-0.15, -0.1) is 0 Å². The minimum absolute atomic E-state index is 0. The molecule has 1 N–H and O–H groups in total. The van der Waals surface area contributed by atoms with Crippen LogP contribution in [0.4, 0.5) is 0 Å².